The first kappa shape index (κ1) is 19.9. The molecule has 3 unspecified atom stereocenters. The van der Waals surface area contributed by atoms with E-state index in [2.05, 4.69) is 19.1 Å². The maximum atomic E-state index is 12.4. The van der Waals surface area contributed by atoms with Gasteiger partial charge in [-0.15, -0.1) is 11.8 Å². The second kappa shape index (κ2) is 8.93. The third-order valence-electron chi connectivity index (χ3n) is 8.29. The van der Waals surface area contributed by atoms with Crippen LogP contribution in [0.3, 0.4) is 0 Å². The van der Waals surface area contributed by atoms with E-state index in [1.165, 1.54) is 63.5 Å². The van der Waals surface area contributed by atoms with Crippen LogP contribution in [-0.2, 0) is 9.53 Å². The zero-order chi connectivity index (χ0) is 18.7. The zero-order valence-corrected chi connectivity index (χ0v) is 18.0. The number of carbonyl (C=O) groups is 1. The average Bonchev–Trinajstić information content (AvgIpc) is 3.15. The molecular formula is C24H38O2S. The van der Waals surface area contributed by atoms with E-state index in [0.29, 0.717) is 5.75 Å². The van der Waals surface area contributed by atoms with Crippen molar-refractivity contribution in [2.75, 3.05) is 11.5 Å². The molecule has 0 amide bonds. The Morgan fingerprint density at radius 1 is 1.04 bits per heavy atom. The SMILES string of the molecule is CCC1(OC(=O)CSCC2CCC[C@@H]3C[C@@H]4CC=CCC4CC23)CCCC1. The van der Waals surface area contributed by atoms with Crippen LogP contribution in [-0.4, -0.2) is 23.1 Å². The van der Waals surface area contributed by atoms with Crippen molar-refractivity contribution >= 4 is 17.7 Å². The summed E-state index contributed by atoms with van der Waals surface area (Å²) in [5.74, 6) is 6.40. The molecule has 4 rings (SSSR count). The monoisotopic (exact) mass is 390 g/mol. The molecule has 4 aliphatic carbocycles. The maximum Gasteiger partial charge on any atom is 0.316 e. The molecule has 0 aromatic heterocycles. The lowest BCUT2D eigenvalue weighted by Gasteiger charge is -2.48. The third kappa shape index (κ3) is 4.60. The Labute approximate surface area is 170 Å². The fourth-order valence-electron chi connectivity index (χ4n) is 6.69. The van der Waals surface area contributed by atoms with Gasteiger partial charge < -0.3 is 4.74 Å². The summed E-state index contributed by atoms with van der Waals surface area (Å²) in [5, 5.41) is 0. The van der Waals surface area contributed by atoms with Gasteiger partial charge in [0.05, 0.1) is 5.75 Å². The van der Waals surface area contributed by atoms with Crippen molar-refractivity contribution in [2.45, 2.75) is 89.6 Å². The topological polar surface area (TPSA) is 26.3 Å². The van der Waals surface area contributed by atoms with E-state index in [-0.39, 0.29) is 11.6 Å². The lowest BCUT2D eigenvalue weighted by Crippen LogP contribution is -2.39. The second-order valence-corrected chi connectivity index (χ2v) is 10.8. The highest BCUT2D eigenvalue weighted by molar-refractivity contribution is 7.99. The van der Waals surface area contributed by atoms with Gasteiger partial charge in [0.2, 0.25) is 0 Å². The highest BCUT2D eigenvalue weighted by Gasteiger charge is 2.42. The number of carbonyl (C=O) groups excluding carboxylic acids is 1. The van der Waals surface area contributed by atoms with Crippen LogP contribution < -0.4 is 0 Å². The van der Waals surface area contributed by atoms with Crippen molar-refractivity contribution in [1.82, 2.24) is 0 Å². The maximum absolute atomic E-state index is 12.4. The summed E-state index contributed by atoms with van der Waals surface area (Å²) in [6, 6.07) is 0. The minimum atomic E-state index is -0.125. The van der Waals surface area contributed by atoms with Gasteiger partial charge in [0.1, 0.15) is 5.60 Å². The predicted molar refractivity (Wildman–Crippen MR) is 114 cm³/mol. The number of fused-ring (bicyclic) bond motifs is 2. The van der Waals surface area contributed by atoms with Gasteiger partial charge in [-0.2, -0.15) is 0 Å². The van der Waals surface area contributed by atoms with Crippen LogP contribution in [0.4, 0.5) is 0 Å². The molecule has 0 radical (unpaired) electrons. The molecule has 3 heteroatoms. The number of rotatable bonds is 6. The Kier molecular flexibility index (Phi) is 6.57. The van der Waals surface area contributed by atoms with Crippen molar-refractivity contribution in [3.63, 3.8) is 0 Å². The Morgan fingerprint density at radius 3 is 2.52 bits per heavy atom. The summed E-state index contributed by atoms with van der Waals surface area (Å²) < 4.78 is 5.95. The van der Waals surface area contributed by atoms with E-state index in [1.54, 1.807) is 0 Å². The molecule has 0 bridgehead atoms. The normalized spacial score (nSPS) is 37.4. The molecule has 3 fully saturated rings. The van der Waals surface area contributed by atoms with Gasteiger partial charge in [-0.25, -0.2) is 0 Å². The quantitative estimate of drug-likeness (QED) is 0.388. The second-order valence-electron chi connectivity index (χ2n) is 9.78. The molecule has 0 heterocycles. The van der Waals surface area contributed by atoms with E-state index in [4.69, 9.17) is 4.74 Å². The van der Waals surface area contributed by atoms with Crippen LogP contribution in [0.1, 0.15) is 84.0 Å². The fourth-order valence-corrected chi connectivity index (χ4v) is 7.75. The third-order valence-corrected chi connectivity index (χ3v) is 9.40. The van der Waals surface area contributed by atoms with Gasteiger partial charge in [0, 0.05) is 0 Å². The average molecular weight is 391 g/mol. The molecule has 4 aliphatic rings. The van der Waals surface area contributed by atoms with Gasteiger partial charge in [-0.1, -0.05) is 31.9 Å². The summed E-state index contributed by atoms with van der Waals surface area (Å²) in [4.78, 5) is 12.4. The predicted octanol–water partition coefficient (Wildman–Crippen LogP) is 6.39. The Bertz CT molecular complexity index is 536. The molecular weight excluding hydrogens is 352 g/mol. The zero-order valence-electron chi connectivity index (χ0n) is 17.2. The minimum absolute atomic E-state index is 0.0391. The summed E-state index contributed by atoms with van der Waals surface area (Å²) >= 11 is 1.86. The smallest absolute Gasteiger partial charge is 0.316 e. The number of hydrogen-bond donors (Lipinski definition) is 0. The van der Waals surface area contributed by atoms with Crippen molar-refractivity contribution in [2.24, 2.45) is 29.6 Å². The van der Waals surface area contributed by atoms with E-state index >= 15 is 0 Å². The lowest BCUT2D eigenvalue weighted by molar-refractivity contribution is -0.156. The largest absolute Gasteiger partial charge is 0.458 e. The molecule has 0 aromatic rings. The van der Waals surface area contributed by atoms with Gasteiger partial charge in [-0.05, 0) is 99.6 Å². The van der Waals surface area contributed by atoms with Crippen LogP contribution in [0, 0.1) is 29.6 Å². The van der Waals surface area contributed by atoms with Gasteiger partial charge >= 0.3 is 5.97 Å². The fraction of sp³-hybridized carbons (Fsp3) is 0.875. The molecule has 0 aromatic carbocycles. The standard InChI is InChI=1S/C24H38O2S/c1-2-24(12-5-6-13-24)26-23(25)17-27-16-21-11-7-10-20-14-18-8-3-4-9-19(18)15-22(20)21/h3-4,18-22H,2,5-17H2,1H3/t18-,19?,20+,21?,22?/m0/s1. The van der Waals surface area contributed by atoms with Crippen LogP contribution in [0.5, 0.6) is 0 Å². The summed E-state index contributed by atoms with van der Waals surface area (Å²) in [6.45, 7) is 2.17. The first-order chi connectivity index (χ1) is 13.2. The number of ether oxygens (including phenoxy) is 1. The van der Waals surface area contributed by atoms with E-state index < -0.39 is 0 Å². The Morgan fingerprint density at radius 2 is 1.78 bits per heavy atom. The van der Waals surface area contributed by atoms with Crippen molar-refractivity contribution in [1.29, 1.82) is 0 Å². The summed E-state index contributed by atoms with van der Waals surface area (Å²) in [6.07, 6.45) is 20.2. The molecule has 0 N–H and O–H groups in total. The van der Waals surface area contributed by atoms with Crippen LogP contribution in [0.2, 0.25) is 0 Å². The molecule has 5 atom stereocenters. The van der Waals surface area contributed by atoms with Crippen LogP contribution in [0.15, 0.2) is 12.2 Å². The van der Waals surface area contributed by atoms with Crippen LogP contribution >= 0.6 is 11.8 Å². The molecule has 3 saturated carbocycles. The highest BCUT2D eigenvalue weighted by Crippen LogP contribution is 2.51. The van der Waals surface area contributed by atoms with Crippen molar-refractivity contribution in [3.05, 3.63) is 12.2 Å². The first-order valence-corrected chi connectivity index (χ1v) is 12.8. The van der Waals surface area contributed by atoms with E-state index in [9.17, 15) is 4.79 Å². The molecule has 2 nitrogen and oxygen atoms in total. The van der Waals surface area contributed by atoms with E-state index in [1.807, 2.05) is 11.8 Å². The van der Waals surface area contributed by atoms with E-state index in [0.717, 1.165) is 48.9 Å². The number of esters is 1. The molecule has 0 aliphatic heterocycles. The summed E-state index contributed by atoms with van der Waals surface area (Å²) in [7, 11) is 0. The number of thioether (sulfide) groups is 1. The lowest BCUT2D eigenvalue weighted by atomic mass is 9.58. The van der Waals surface area contributed by atoms with Gasteiger partial charge in [0.25, 0.3) is 0 Å². The molecule has 27 heavy (non-hydrogen) atoms. The van der Waals surface area contributed by atoms with Crippen molar-refractivity contribution < 1.29 is 9.53 Å². The van der Waals surface area contributed by atoms with Gasteiger partial charge in [-0.3, -0.25) is 4.79 Å². The number of hydrogen-bond acceptors (Lipinski definition) is 3. The first-order valence-electron chi connectivity index (χ1n) is 11.6. The Hall–Kier alpha value is -0.440. The highest BCUT2D eigenvalue weighted by atomic mass is 32.2. The molecule has 0 spiro atoms. The van der Waals surface area contributed by atoms with Crippen LogP contribution in [0.25, 0.3) is 0 Å². The Balaban J connectivity index is 1.25. The number of allylic oxidation sites excluding steroid dienone is 2. The minimum Gasteiger partial charge on any atom is -0.458 e. The van der Waals surface area contributed by atoms with Crippen molar-refractivity contribution in [3.8, 4) is 0 Å². The molecule has 0 saturated heterocycles. The van der Waals surface area contributed by atoms with Gasteiger partial charge in [0.15, 0.2) is 0 Å². The molecule has 152 valence electrons. The summed E-state index contributed by atoms with van der Waals surface area (Å²) in [5.41, 5.74) is -0.125.